The molecular weight excluding hydrogens is 309 g/mol. The molecule has 112 valence electrons. The largest absolute Gasteiger partial charge is 0.481 e. The molecule has 1 aromatic rings. The predicted octanol–water partition coefficient (Wildman–Crippen LogP) is 1.96. The van der Waals surface area contributed by atoms with Gasteiger partial charge in [0.15, 0.2) is 0 Å². The first-order valence-corrected chi connectivity index (χ1v) is 7.73. The second-order valence-electron chi connectivity index (χ2n) is 4.52. The Morgan fingerprint density at radius 2 is 2.10 bits per heavy atom. The average molecular weight is 324 g/mol. The summed E-state index contributed by atoms with van der Waals surface area (Å²) in [6.07, 6.45) is 0. The Morgan fingerprint density at radius 3 is 2.60 bits per heavy atom. The van der Waals surface area contributed by atoms with Crippen molar-refractivity contribution in [3.8, 4) is 0 Å². The van der Waals surface area contributed by atoms with E-state index in [4.69, 9.17) is 16.7 Å². The third-order valence-corrected chi connectivity index (χ3v) is 4.85. The van der Waals surface area contributed by atoms with Crippen molar-refractivity contribution in [2.75, 3.05) is 13.6 Å². The number of sulfonamides is 1. The highest BCUT2D eigenvalue weighted by atomic mass is 35.5. The van der Waals surface area contributed by atoms with E-state index in [9.17, 15) is 17.6 Å². The lowest BCUT2D eigenvalue weighted by molar-refractivity contribution is -0.141. The molecule has 1 aromatic carbocycles. The van der Waals surface area contributed by atoms with Gasteiger partial charge in [-0.15, -0.1) is 0 Å². The van der Waals surface area contributed by atoms with Crippen LogP contribution in [0, 0.1) is 11.7 Å². The zero-order valence-electron chi connectivity index (χ0n) is 11.0. The molecule has 5 nitrogen and oxygen atoms in total. The van der Waals surface area contributed by atoms with Gasteiger partial charge in [0.1, 0.15) is 5.82 Å². The Kier molecular flexibility index (Phi) is 5.50. The van der Waals surface area contributed by atoms with E-state index in [2.05, 4.69) is 0 Å². The SMILES string of the molecule is CC(CN(C)S(=O)(=O)Cc1ccc(F)c(Cl)c1)C(=O)O. The van der Waals surface area contributed by atoms with E-state index in [0.29, 0.717) is 5.56 Å². The summed E-state index contributed by atoms with van der Waals surface area (Å²) in [4.78, 5) is 10.7. The normalized spacial score (nSPS) is 13.4. The van der Waals surface area contributed by atoms with Crippen LogP contribution in [0.4, 0.5) is 4.39 Å². The van der Waals surface area contributed by atoms with Crippen LogP contribution >= 0.6 is 11.6 Å². The number of halogens is 2. The third-order valence-electron chi connectivity index (χ3n) is 2.76. The van der Waals surface area contributed by atoms with Crippen LogP contribution in [0.1, 0.15) is 12.5 Å². The lowest BCUT2D eigenvalue weighted by Crippen LogP contribution is -2.34. The van der Waals surface area contributed by atoms with Gasteiger partial charge in [-0.05, 0) is 17.7 Å². The van der Waals surface area contributed by atoms with Gasteiger partial charge < -0.3 is 5.11 Å². The van der Waals surface area contributed by atoms with Crippen molar-refractivity contribution in [2.45, 2.75) is 12.7 Å². The minimum Gasteiger partial charge on any atom is -0.481 e. The summed E-state index contributed by atoms with van der Waals surface area (Å²) in [7, 11) is -2.38. The highest BCUT2D eigenvalue weighted by Gasteiger charge is 2.23. The van der Waals surface area contributed by atoms with Gasteiger partial charge >= 0.3 is 5.97 Å². The summed E-state index contributed by atoms with van der Waals surface area (Å²) in [5.74, 6) is -2.88. The molecule has 1 rings (SSSR count). The molecular formula is C12H15ClFNO4S. The fraction of sp³-hybridized carbons (Fsp3) is 0.417. The van der Waals surface area contributed by atoms with Crippen molar-refractivity contribution in [1.82, 2.24) is 4.31 Å². The molecule has 0 saturated carbocycles. The monoisotopic (exact) mass is 323 g/mol. The van der Waals surface area contributed by atoms with E-state index in [1.54, 1.807) is 0 Å². The van der Waals surface area contributed by atoms with Gasteiger partial charge in [0, 0.05) is 13.6 Å². The van der Waals surface area contributed by atoms with Gasteiger partial charge in [-0.3, -0.25) is 4.79 Å². The van der Waals surface area contributed by atoms with Gasteiger partial charge in [0.05, 0.1) is 16.7 Å². The van der Waals surface area contributed by atoms with Crippen LogP contribution in [0.3, 0.4) is 0 Å². The molecule has 0 saturated heterocycles. The second-order valence-corrected chi connectivity index (χ2v) is 7.01. The molecule has 0 bridgehead atoms. The van der Waals surface area contributed by atoms with Crippen molar-refractivity contribution >= 4 is 27.6 Å². The van der Waals surface area contributed by atoms with Crippen molar-refractivity contribution in [3.63, 3.8) is 0 Å². The lowest BCUT2D eigenvalue weighted by atomic mass is 10.2. The molecule has 0 aliphatic rings. The van der Waals surface area contributed by atoms with Crippen molar-refractivity contribution < 1.29 is 22.7 Å². The molecule has 0 aliphatic carbocycles. The van der Waals surface area contributed by atoms with E-state index in [1.807, 2.05) is 0 Å². The first-order valence-electron chi connectivity index (χ1n) is 5.74. The summed E-state index contributed by atoms with van der Waals surface area (Å²) in [6, 6.07) is 3.66. The fourth-order valence-electron chi connectivity index (χ4n) is 1.53. The Labute approximate surface area is 122 Å². The summed E-state index contributed by atoms with van der Waals surface area (Å²) >= 11 is 5.59. The van der Waals surface area contributed by atoms with Gasteiger partial charge in [0.2, 0.25) is 10.0 Å². The first-order chi connectivity index (χ1) is 9.13. The van der Waals surface area contributed by atoms with E-state index >= 15 is 0 Å². The highest BCUT2D eigenvalue weighted by Crippen LogP contribution is 2.19. The zero-order chi connectivity index (χ0) is 15.5. The number of aliphatic carboxylic acids is 1. The Bertz CT molecular complexity index is 605. The maximum Gasteiger partial charge on any atom is 0.307 e. The molecule has 0 spiro atoms. The van der Waals surface area contributed by atoms with Crippen molar-refractivity contribution in [2.24, 2.45) is 5.92 Å². The standard InChI is InChI=1S/C12H15ClFNO4S/c1-8(12(16)17)6-15(2)20(18,19)7-9-3-4-11(14)10(13)5-9/h3-5,8H,6-7H2,1-2H3,(H,16,17). The number of hydrogen-bond acceptors (Lipinski definition) is 3. The molecule has 1 unspecified atom stereocenters. The molecule has 1 atom stereocenters. The predicted molar refractivity (Wildman–Crippen MR) is 73.5 cm³/mol. The van der Waals surface area contributed by atoms with Crippen LogP contribution in [0.15, 0.2) is 18.2 Å². The Hall–Kier alpha value is -1.18. The average Bonchev–Trinajstić information content (AvgIpc) is 2.33. The molecule has 0 heterocycles. The smallest absolute Gasteiger partial charge is 0.307 e. The summed E-state index contributed by atoms with van der Waals surface area (Å²) in [6.45, 7) is 1.29. The summed E-state index contributed by atoms with van der Waals surface area (Å²) in [5, 5.41) is 8.62. The number of carboxylic acids is 1. The number of nitrogens with zero attached hydrogens (tertiary/aromatic N) is 1. The molecule has 1 N–H and O–H groups in total. The molecule has 0 amide bonds. The molecule has 0 aliphatic heterocycles. The van der Waals surface area contributed by atoms with Crippen molar-refractivity contribution in [1.29, 1.82) is 0 Å². The summed E-state index contributed by atoms with van der Waals surface area (Å²) in [5.41, 5.74) is 0.339. The van der Waals surface area contributed by atoms with Crippen LogP contribution in [-0.2, 0) is 20.6 Å². The van der Waals surface area contributed by atoms with E-state index < -0.39 is 27.7 Å². The number of benzene rings is 1. The zero-order valence-corrected chi connectivity index (χ0v) is 12.6. The first kappa shape index (κ1) is 16.9. The maximum absolute atomic E-state index is 13.0. The van der Waals surface area contributed by atoms with Gasteiger partial charge in [-0.2, -0.15) is 0 Å². The molecule has 0 aromatic heterocycles. The molecule has 0 fully saturated rings. The Morgan fingerprint density at radius 1 is 1.50 bits per heavy atom. The van der Waals surface area contributed by atoms with E-state index in [1.165, 1.54) is 26.1 Å². The number of carbonyl (C=O) groups is 1. The minimum absolute atomic E-state index is 0.132. The van der Waals surface area contributed by atoms with Gasteiger partial charge in [0.25, 0.3) is 0 Å². The number of carboxylic acid groups (broad SMARTS) is 1. The minimum atomic E-state index is -3.68. The lowest BCUT2D eigenvalue weighted by Gasteiger charge is -2.19. The van der Waals surface area contributed by atoms with Crippen LogP contribution in [0.5, 0.6) is 0 Å². The molecule has 8 heteroatoms. The number of hydrogen-bond donors (Lipinski definition) is 1. The van der Waals surface area contributed by atoms with Crippen LogP contribution in [-0.4, -0.2) is 37.4 Å². The molecule has 0 radical (unpaired) electrons. The topological polar surface area (TPSA) is 74.7 Å². The maximum atomic E-state index is 13.0. The van der Waals surface area contributed by atoms with Crippen LogP contribution in [0.25, 0.3) is 0 Å². The van der Waals surface area contributed by atoms with Crippen molar-refractivity contribution in [3.05, 3.63) is 34.6 Å². The fourth-order valence-corrected chi connectivity index (χ4v) is 3.00. The highest BCUT2D eigenvalue weighted by molar-refractivity contribution is 7.88. The van der Waals surface area contributed by atoms with E-state index in [0.717, 1.165) is 10.4 Å². The van der Waals surface area contributed by atoms with Crippen LogP contribution < -0.4 is 0 Å². The van der Waals surface area contributed by atoms with Gasteiger partial charge in [-0.25, -0.2) is 17.1 Å². The van der Waals surface area contributed by atoms with E-state index in [-0.39, 0.29) is 17.3 Å². The quantitative estimate of drug-likeness (QED) is 0.868. The van der Waals surface area contributed by atoms with Crippen LogP contribution in [0.2, 0.25) is 5.02 Å². The third kappa shape index (κ3) is 4.43. The number of rotatable bonds is 6. The summed E-state index contributed by atoms with van der Waals surface area (Å²) < 4.78 is 38.1. The second kappa shape index (κ2) is 6.51. The Balaban J connectivity index is 2.83. The van der Waals surface area contributed by atoms with Gasteiger partial charge in [-0.1, -0.05) is 24.6 Å². The molecule has 20 heavy (non-hydrogen) atoms.